The highest BCUT2D eigenvalue weighted by Crippen LogP contribution is 2.17. The third-order valence-corrected chi connectivity index (χ3v) is 2.99. The Labute approximate surface area is 116 Å². The first kappa shape index (κ1) is 14.9. The average molecular weight is 315 g/mol. The van der Waals surface area contributed by atoms with Crippen LogP contribution in [0.25, 0.3) is 0 Å². The Balaban J connectivity index is 2.65. The highest BCUT2D eigenvalue weighted by Gasteiger charge is 2.15. The van der Waals surface area contributed by atoms with Crippen molar-refractivity contribution in [3.05, 3.63) is 22.3 Å². The average Bonchev–Trinajstić information content (AvgIpc) is 2.30. The molecule has 1 aromatic rings. The minimum atomic E-state index is -0.0972. The third kappa shape index (κ3) is 4.27. The standard InChI is InChI=1S/C12H19BrN4O/c1-16(2)5-4-6-17(3)12(18)10-7-9(13)8-15-11(10)14/h7-8H,4-6H2,1-3H3,(H2,14,15). The lowest BCUT2D eigenvalue weighted by atomic mass is 10.2. The Bertz CT molecular complexity index is 423. The van der Waals surface area contributed by atoms with Crippen LogP contribution in [0.2, 0.25) is 0 Å². The minimum absolute atomic E-state index is 0.0972. The molecule has 0 saturated heterocycles. The van der Waals surface area contributed by atoms with Crippen molar-refractivity contribution in [2.75, 3.05) is 40.0 Å². The van der Waals surface area contributed by atoms with Crippen LogP contribution in [0.1, 0.15) is 16.8 Å². The second kappa shape index (κ2) is 6.70. The zero-order valence-electron chi connectivity index (χ0n) is 11.0. The number of nitrogens with two attached hydrogens (primary N) is 1. The number of halogens is 1. The molecule has 0 bridgehead atoms. The van der Waals surface area contributed by atoms with Crippen LogP contribution < -0.4 is 5.73 Å². The van der Waals surface area contributed by atoms with E-state index in [0.29, 0.717) is 12.1 Å². The smallest absolute Gasteiger partial charge is 0.257 e. The molecule has 0 aliphatic carbocycles. The maximum atomic E-state index is 12.2. The second-order valence-corrected chi connectivity index (χ2v) is 5.39. The molecular weight excluding hydrogens is 296 g/mol. The van der Waals surface area contributed by atoms with Crippen molar-refractivity contribution < 1.29 is 4.79 Å². The summed E-state index contributed by atoms with van der Waals surface area (Å²) in [6.45, 7) is 1.65. The van der Waals surface area contributed by atoms with Crippen molar-refractivity contribution in [3.8, 4) is 0 Å². The Morgan fingerprint density at radius 1 is 1.39 bits per heavy atom. The van der Waals surface area contributed by atoms with Gasteiger partial charge in [-0.3, -0.25) is 4.79 Å². The van der Waals surface area contributed by atoms with Gasteiger partial charge in [0.1, 0.15) is 5.82 Å². The second-order valence-electron chi connectivity index (χ2n) is 4.47. The summed E-state index contributed by atoms with van der Waals surface area (Å²) in [6, 6.07) is 1.70. The van der Waals surface area contributed by atoms with Crippen molar-refractivity contribution in [2.45, 2.75) is 6.42 Å². The van der Waals surface area contributed by atoms with Gasteiger partial charge < -0.3 is 15.5 Å². The fourth-order valence-electron chi connectivity index (χ4n) is 1.55. The van der Waals surface area contributed by atoms with Crippen LogP contribution in [0.15, 0.2) is 16.7 Å². The Hall–Kier alpha value is -1.14. The first-order chi connectivity index (χ1) is 8.41. The SMILES string of the molecule is CN(C)CCCN(C)C(=O)c1cc(Br)cnc1N. The van der Waals surface area contributed by atoms with E-state index in [1.165, 1.54) is 0 Å². The molecule has 0 fully saturated rings. The first-order valence-corrected chi connectivity index (χ1v) is 6.52. The summed E-state index contributed by atoms with van der Waals surface area (Å²) in [4.78, 5) is 19.9. The molecule has 0 spiro atoms. The number of anilines is 1. The van der Waals surface area contributed by atoms with Crippen molar-refractivity contribution in [1.29, 1.82) is 0 Å². The van der Waals surface area contributed by atoms with Gasteiger partial charge in [-0.15, -0.1) is 0 Å². The Kier molecular flexibility index (Phi) is 5.55. The number of nitrogens with zero attached hydrogens (tertiary/aromatic N) is 3. The molecule has 1 aromatic heterocycles. The third-order valence-electron chi connectivity index (χ3n) is 2.56. The molecule has 100 valence electrons. The monoisotopic (exact) mass is 314 g/mol. The fraction of sp³-hybridized carbons (Fsp3) is 0.500. The van der Waals surface area contributed by atoms with Crippen LogP contribution in [0.4, 0.5) is 5.82 Å². The van der Waals surface area contributed by atoms with Crippen LogP contribution in [0, 0.1) is 0 Å². The maximum Gasteiger partial charge on any atom is 0.257 e. The number of nitrogen functional groups attached to an aromatic ring is 1. The number of rotatable bonds is 5. The molecule has 0 aliphatic heterocycles. The van der Waals surface area contributed by atoms with Crippen molar-refractivity contribution in [1.82, 2.24) is 14.8 Å². The molecule has 2 N–H and O–H groups in total. The molecule has 1 amide bonds. The molecule has 0 atom stereocenters. The van der Waals surface area contributed by atoms with Gasteiger partial charge in [0.15, 0.2) is 0 Å². The van der Waals surface area contributed by atoms with Crippen molar-refractivity contribution in [2.24, 2.45) is 0 Å². The summed E-state index contributed by atoms with van der Waals surface area (Å²) in [5.74, 6) is 0.169. The van der Waals surface area contributed by atoms with E-state index in [1.807, 2.05) is 14.1 Å². The quantitative estimate of drug-likeness (QED) is 0.893. The zero-order chi connectivity index (χ0) is 13.7. The van der Waals surface area contributed by atoms with Gasteiger partial charge in [-0.1, -0.05) is 0 Å². The van der Waals surface area contributed by atoms with Crippen LogP contribution in [0.5, 0.6) is 0 Å². The molecule has 0 saturated carbocycles. The molecule has 1 heterocycles. The maximum absolute atomic E-state index is 12.2. The molecule has 6 heteroatoms. The van der Waals surface area contributed by atoms with Crippen molar-refractivity contribution in [3.63, 3.8) is 0 Å². The zero-order valence-corrected chi connectivity index (χ0v) is 12.6. The predicted molar refractivity (Wildman–Crippen MR) is 76.5 cm³/mol. The van der Waals surface area contributed by atoms with Crippen LogP contribution >= 0.6 is 15.9 Å². The molecule has 0 radical (unpaired) electrons. The Morgan fingerprint density at radius 2 is 2.06 bits per heavy atom. The van der Waals surface area contributed by atoms with Gasteiger partial charge >= 0.3 is 0 Å². The van der Waals surface area contributed by atoms with Gasteiger partial charge in [0.05, 0.1) is 5.56 Å². The molecule has 18 heavy (non-hydrogen) atoms. The van der Waals surface area contributed by atoms with E-state index < -0.39 is 0 Å². The lowest BCUT2D eigenvalue weighted by molar-refractivity contribution is 0.0791. The molecule has 0 aliphatic rings. The molecule has 1 rings (SSSR count). The largest absolute Gasteiger partial charge is 0.383 e. The topological polar surface area (TPSA) is 62.5 Å². The highest BCUT2D eigenvalue weighted by molar-refractivity contribution is 9.10. The van der Waals surface area contributed by atoms with Gasteiger partial charge in [-0.25, -0.2) is 4.98 Å². The number of hydrogen-bond acceptors (Lipinski definition) is 4. The van der Waals surface area contributed by atoms with E-state index in [-0.39, 0.29) is 11.7 Å². The highest BCUT2D eigenvalue weighted by atomic mass is 79.9. The normalized spacial score (nSPS) is 10.7. The van der Waals surface area contributed by atoms with Crippen LogP contribution in [-0.2, 0) is 0 Å². The molecule has 0 aromatic carbocycles. The number of aromatic nitrogens is 1. The lowest BCUT2D eigenvalue weighted by Crippen LogP contribution is -2.30. The fourth-order valence-corrected chi connectivity index (χ4v) is 1.88. The van der Waals surface area contributed by atoms with Crippen molar-refractivity contribution >= 4 is 27.7 Å². The van der Waals surface area contributed by atoms with Crippen LogP contribution in [-0.4, -0.2) is 54.9 Å². The molecule has 0 unspecified atom stereocenters. The Morgan fingerprint density at radius 3 is 2.67 bits per heavy atom. The van der Waals surface area contributed by atoms with E-state index in [9.17, 15) is 4.79 Å². The number of pyridine rings is 1. The summed E-state index contributed by atoms with van der Waals surface area (Å²) in [6.07, 6.45) is 2.51. The van der Waals surface area contributed by atoms with E-state index in [4.69, 9.17) is 5.73 Å². The van der Waals surface area contributed by atoms with Gasteiger partial charge in [0, 0.05) is 24.3 Å². The number of hydrogen-bond donors (Lipinski definition) is 1. The number of carbonyl (C=O) groups is 1. The number of amides is 1. The molecule has 5 nitrogen and oxygen atoms in total. The van der Waals surface area contributed by atoms with E-state index in [2.05, 4.69) is 25.8 Å². The van der Waals surface area contributed by atoms with E-state index >= 15 is 0 Å². The summed E-state index contributed by atoms with van der Waals surface area (Å²) in [5.41, 5.74) is 6.16. The van der Waals surface area contributed by atoms with Gasteiger partial charge in [-0.2, -0.15) is 0 Å². The predicted octanol–water partition coefficient (Wildman–Crippen LogP) is 1.45. The summed E-state index contributed by atoms with van der Waals surface area (Å²) >= 11 is 3.29. The van der Waals surface area contributed by atoms with Gasteiger partial charge in [0.25, 0.3) is 5.91 Å². The summed E-state index contributed by atoms with van der Waals surface area (Å²) < 4.78 is 0.752. The van der Waals surface area contributed by atoms with Gasteiger partial charge in [0.2, 0.25) is 0 Å². The lowest BCUT2D eigenvalue weighted by Gasteiger charge is -2.19. The first-order valence-electron chi connectivity index (χ1n) is 5.73. The van der Waals surface area contributed by atoms with Crippen LogP contribution in [0.3, 0.4) is 0 Å². The summed E-state index contributed by atoms with van der Waals surface area (Å²) in [5, 5.41) is 0. The van der Waals surface area contributed by atoms with E-state index in [0.717, 1.165) is 17.4 Å². The minimum Gasteiger partial charge on any atom is -0.383 e. The molecular formula is C12H19BrN4O. The number of carbonyl (C=O) groups excluding carboxylic acids is 1. The van der Waals surface area contributed by atoms with E-state index in [1.54, 1.807) is 24.2 Å². The summed E-state index contributed by atoms with van der Waals surface area (Å²) in [7, 11) is 5.80. The van der Waals surface area contributed by atoms with Gasteiger partial charge in [-0.05, 0) is 49.1 Å².